The van der Waals surface area contributed by atoms with Crippen LogP contribution in [0.25, 0.3) is 0 Å². The molecule has 0 radical (unpaired) electrons. The monoisotopic (exact) mass is 275 g/mol. The molecule has 2 atom stereocenters. The Kier molecular flexibility index (Phi) is 3.72. The smallest absolute Gasteiger partial charge is 0.224 e. The Morgan fingerprint density at radius 3 is 3.00 bits per heavy atom. The molecule has 2 aliphatic heterocycles. The molecule has 2 aliphatic rings. The van der Waals surface area contributed by atoms with Gasteiger partial charge in [0.05, 0.1) is 12.3 Å². The molecule has 5 heteroatoms. The molecule has 20 heavy (non-hydrogen) atoms. The average Bonchev–Trinajstić information content (AvgIpc) is 2.92. The molecule has 1 amide bonds. The first kappa shape index (κ1) is 13.5. The molecule has 0 aliphatic carbocycles. The molecular formula is C15H21N3O2. The summed E-state index contributed by atoms with van der Waals surface area (Å²) in [5, 5.41) is 9.08. The van der Waals surface area contributed by atoms with E-state index in [1.165, 1.54) is 0 Å². The Morgan fingerprint density at radius 1 is 1.40 bits per heavy atom. The lowest BCUT2D eigenvalue weighted by atomic mass is 10.1. The van der Waals surface area contributed by atoms with E-state index in [0.717, 1.165) is 30.9 Å². The van der Waals surface area contributed by atoms with Crippen molar-refractivity contribution in [1.29, 1.82) is 0 Å². The van der Waals surface area contributed by atoms with Crippen molar-refractivity contribution in [2.75, 3.05) is 19.7 Å². The Morgan fingerprint density at radius 2 is 2.25 bits per heavy atom. The zero-order valence-corrected chi connectivity index (χ0v) is 11.8. The van der Waals surface area contributed by atoms with Gasteiger partial charge in [0.1, 0.15) is 0 Å². The zero-order valence-electron chi connectivity index (χ0n) is 11.8. The van der Waals surface area contributed by atoms with Gasteiger partial charge in [-0.1, -0.05) is 6.07 Å². The van der Waals surface area contributed by atoms with Crippen LogP contribution in [0.3, 0.4) is 0 Å². The summed E-state index contributed by atoms with van der Waals surface area (Å²) in [5.41, 5.74) is 2.10. The van der Waals surface area contributed by atoms with Gasteiger partial charge in [-0.2, -0.15) is 0 Å². The molecule has 1 aromatic heterocycles. The van der Waals surface area contributed by atoms with Gasteiger partial charge in [-0.05, 0) is 25.5 Å². The molecule has 108 valence electrons. The Hall–Kier alpha value is -1.46. The average molecular weight is 275 g/mol. The minimum atomic E-state index is 0.0500. The summed E-state index contributed by atoms with van der Waals surface area (Å²) in [6.45, 7) is 4.33. The van der Waals surface area contributed by atoms with Gasteiger partial charge in [-0.25, -0.2) is 0 Å². The number of amides is 1. The molecule has 2 fully saturated rings. The van der Waals surface area contributed by atoms with Gasteiger partial charge in [-0.3, -0.25) is 14.7 Å². The number of hydrogen-bond donors (Lipinski definition) is 1. The van der Waals surface area contributed by atoms with E-state index in [1.54, 1.807) is 0 Å². The summed E-state index contributed by atoms with van der Waals surface area (Å²) < 4.78 is 0. The molecule has 0 bridgehead atoms. The number of β-amino-alcohol motifs (C(OH)–C–C–N with tert-alkyl or cyclic N) is 1. The highest BCUT2D eigenvalue weighted by molar-refractivity contribution is 5.80. The molecule has 3 heterocycles. The van der Waals surface area contributed by atoms with Crippen molar-refractivity contribution in [2.45, 2.75) is 38.4 Å². The van der Waals surface area contributed by atoms with Crippen LogP contribution in [0.1, 0.15) is 24.2 Å². The van der Waals surface area contributed by atoms with E-state index in [2.05, 4.69) is 9.88 Å². The maximum atomic E-state index is 12.0. The van der Waals surface area contributed by atoms with Crippen molar-refractivity contribution < 1.29 is 9.90 Å². The van der Waals surface area contributed by atoms with Crippen LogP contribution in [0.15, 0.2) is 18.2 Å². The van der Waals surface area contributed by atoms with Gasteiger partial charge < -0.3 is 10.0 Å². The van der Waals surface area contributed by atoms with Gasteiger partial charge >= 0.3 is 0 Å². The van der Waals surface area contributed by atoms with Crippen molar-refractivity contribution in [3.05, 3.63) is 29.6 Å². The van der Waals surface area contributed by atoms with Crippen molar-refractivity contribution in [1.82, 2.24) is 14.8 Å². The lowest BCUT2D eigenvalue weighted by molar-refractivity contribution is -0.129. The molecule has 1 aromatic rings. The lowest BCUT2D eigenvalue weighted by Crippen LogP contribution is -2.38. The number of carbonyl (C=O) groups is 1. The van der Waals surface area contributed by atoms with Crippen molar-refractivity contribution in [2.24, 2.45) is 0 Å². The van der Waals surface area contributed by atoms with Crippen LogP contribution >= 0.6 is 0 Å². The highest BCUT2D eigenvalue weighted by Gasteiger charge is 2.46. The number of fused-ring (bicyclic) bond motifs is 1. The number of carbonyl (C=O) groups excluding carboxylic acids is 1. The lowest BCUT2D eigenvalue weighted by Gasteiger charge is -2.24. The van der Waals surface area contributed by atoms with Crippen LogP contribution in [0.4, 0.5) is 0 Å². The van der Waals surface area contributed by atoms with E-state index in [0.29, 0.717) is 13.0 Å². The first-order valence-corrected chi connectivity index (χ1v) is 7.26. The van der Waals surface area contributed by atoms with E-state index in [1.807, 2.05) is 30.0 Å². The first-order chi connectivity index (χ1) is 9.69. The predicted octanol–water partition coefficient (Wildman–Crippen LogP) is 0.558. The zero-order chi connectivity index (χ0) is 14.1. The number of aliphatic hydroxyl groups excluding tert-OH is 1. The van der Waals surface area contributed by atoms with Crippen LogP contribution in [0, 0.1) is 6.92 Å². The van der Waals surface area contributed by atoms with Crippen molar-refractivity contribution >= 4 is 5.91 Å². The fourth-order valence-corrected chi connectivity index (χ4v) is 3.50. The number of pyridine rings is 1. The van der Waals surface area contributed by atoms with E-state index < -0.39 is 0 Å². The van der Waals surface area contributed by atoms with Crippen molar-refractivity contribution in [3.8, 4) is 0 Å². The number of aromatic nitrogens is 1. The summed E-state index contributed by atoms with van der Waals surface area (Å²) >= 11 is 0. The number of aryl methyl sites for hydroxylation is 1. The number of aliphatic hydroxyl groups is 1. The maximum absolute atomic E-state index is 12.0. The number of hydrogen-bond acceptors (Lipinski definition) is 4. The molecule has 5 nitrogen and oxygen atoms in total. The minimum Gasteiger partial charge on any atom is -0.395 e. The fourth-order valence-electron chi connectivity index (χ4n) is 3.50. The molecule has 1 N–H and O–H groups in total. The number of likely N-dealkylation sites (tertiary alicyclic amines) is 2. The van der Waals surface area contributed by atoms with Crippen LogP contribution in [-0.4, -0.2) is 57.6 Å². The van der Waals surface area contributed by atoms with Crippen LogP contribution in [0.2, 0.25) is 0 Å². The molecule has 3 rings (SSSR count). The third kappa shape index (κ3) is 2.43. The van der Waals surface area contributed by atoms with Gasteiger partial charge in [-0.15, -0.1) is 0 Å². The summed E-state index contributed by atoms with van der Waals surface area (Å²) in [5.74, 6) is 0.177. The molecule has 0 saturated carbocycles. The largest absolute Gasteiger partial charge is 0.395 e. The topological polar surface area (TPSA) is 56.7 Å². The van der Waals surface area contributed by atoms with E-state index in [9.17, 15) is 4.79 Å². The predicted molar refractivity (Wildman–Crippen MR) is 75.0 cm³/mol. The van der Waals surface area contributed by atoms with Crippen LogP contribution in [-0.2, 0) is 11.3 Å². The van der Waals surface area contributed by atoms with E-state index in [4.69, 9.17) is 5.11 Å². The van der Waals surface area contributed by atoms with Gasteiger partial charge in [0.15, 0.2) is 0 Å². The normalized spacial score (nSPS) is 26.3. The van der Waals surface area contributed by atoms with Gasteiger partial charge in [0.2, 0.25) is 5.91 Å². The second-order valence-corrected chi connectivity index (χ2v) is 5.68. The summed E-state index contributed by atoms with van der Waals surface area (Å²) in [6.07, 6.45) is 1.58. The Bertz CT molecular complexity index is 506. The van der Waals surface area contributed by atoms with E-state index in [-0.39, 0.29) is 24.6 Å². The fraction of sp³-hybridized carbons (Fsp3) is 0.600. The highest BCUT2D eigenvalue weighted by Crippen LogP contribution is 2.32. The van der Waals surface area contributed by atoms with E-state index >= 15 is 0 Å². The third-order valence-corrected chi connectivity index (χ3v) is 4.38. The molecule has 2 saturated heterocycles. The number of rotatable bonds is 4. The van der Waals surface area contributed by atoms with Crippen LogP contribution < -0.4 is 0 Å². The maximum Gasteiger partial charge on any atom is 0.224 e. The second-order valence-electron chi connectivity index (χ2n) is 5.68. The third-order valence-electron chi connectivity index (χ3n) is 4.38. The standard InChI is InChI=1S/C15H21N3O2/c1-11-3-2-4-12(16-11)10-17-6-5-13-14(17)9-15(20)18(13)7-8-19/h2-4,13-14,19H,5-10H2,1H3/t13-,14+/m0/s1. The summed E-state index contributed by atoms with van der Waals surface area (Å²) in [4.78, 5) is 20.8. The Labute approximate surface area is 119 Å². The summed E-state index contributed by atoms with van der Waals surface area (Å²) in [7, 11) is 0. The molecular weight excluding hydrogens is 254 g/mol. The second kappa shape index (κ2) is 5.50. The van der Waals surface area contributed by atoms with Gasteiger partial charge in [0, 0.05) is 43.8 Å². The molecule has 0 spiro atoms. The van der Waals surface area contributed by atoms with Crippen molar-refractivity contribution in [3.63, 3.8) is 0 Å². The SMILES string of the molecule is Cc1cccc(CN2CC[C@H]3[C@H]2CC(=O)N3CCO)n1. The summed E-state index contributed by atoms with van der Waals surface area (Å²) in [6, 6.07) is 6.64. The van der Waals surface area contributed by atoms with Crippen LogP contribution in [0.5, 0.6) is 0 Å². The quantitative estimate of drug-likeness (QED) is 0.872. The minimum absolute atomic E-state index is 0.0500. The molecule has 0 aromatic carbocycles. The molecule has 0 unspecified atom stereocenters. The number of nitrogens with zero attached hydrogens (tertiary/aromatic N) is 3. The first-order valence-electron chi connectivity index (χ1n) is 7.26. The van der Waals surface area contributed by atoms with Gasteiger partial charge in [0.25, 0.3) is 0 Å². The highest BCUT2D eigenvalue weighted by atomic mass is 16.3. The Balaban J connectivity index is 1.70.